The van der Waals surface area contributed by atoms with E-state index >= 15 is 0 Å². The molecule has 3 heteroatoms. The van der Waals surface area contributed by atoms with E-state index in [2.05, 4.69) is 24.1 Å². The van der Waals surface area contributed by atoms with E-state index in [0.29, 0.717) is 17.9 Å². The van der Waals surface area contributed by atoms with Crippen LogP contribution in [0.5, 0.6) is 0 Å². The third kappa shape index (κ3) is 4.66. The number of nitrogens with zero attached hydrogens (tertiary/aromatic N) is 1. The van der Waals surface area contributed by atoms with Gasteiger partial charge in [-0.2, -0.15) is 0 Å². The zero-order valence-electron chi connectivity index (χ0n) is 12.0. The topological polar surface area (TPSA) is 32.3 Å². The van der Waals surface area contributed by atoms with Crippen LogP contribution < -0.4 is 5.32 Å². The molecule has 3 nitrogen and oxygen atoms in total. The molecule has 0 radical (unpaired) electrons. The smallest absolute Gasteiger partial charge is 0.227 e. The highest BCUT2D eigenvalue weighted by Crippen LogP contribution is 2.23. The van der Waals surface area contributed by atoms with Crippen molar-refractivity contribution in [2.45, 2.75) is 53.5 Å². The van der Waals surface area contributed by atoms with Crippen molar-refractivity contribution in [1.82, 2.24) is 10.2 Å². The van der Waals surface area contributed by atoms with Crippen molar-refractivity contribution in [3.63, 3.8) is 0 Å². The lowest BCUT2D eigenvalue weighted by Gasteiger charge is -2.36. The second-order valence-corrected chi connectivity index (χ2v) is 6.57. The maximum absolute atomic E-state index is 12.2. The zero-order valence-corrected chi connectivity index (χ0v) is 12.0. The minimum atomic E-state index is -0.243. The SMILES string of the molecule is CC(C)NCC1CCCN(C(=O)C(C)(C)C)C1. The summed E-state index contributed by atoms with van der Waals surface area (Å²) in [6, 6.07) is 0.531. The first-order chi connectivity index (χ1) is 7.80. The third-order valence-electron chi connectivity index (χ3n) is 3.26. The molecule has 0 aliphatic carbocycles. The molecule has 1 N–H and O–H groups in total. The van der Waals surface area contributed by atoms with Crippen molar-refractivity contribution >= 4 is 5.91 Å². The molecule has 1 atom stereocenters. The minimum Gasteiger partial charge on any atom is -0.342 e. The monoisotopic (exact) mass is 240 g/mol. The van der Waals surface area contributed by atoms with Crippen LogP contribution in [0, 0.1) is 11.3 Å². The highest BCUT2D eigenvalue weighted by atomic mass is 16.2. The van der Waals surface area contributed by atoms with E-state index in [-0.39, 0.29) is 5.41 Å². The van der Waals surface area contributed by atoms with Crippen LogP contribution in [-0.4, -0.2) is 36.5 Å². The maximum Gasteiger partial charge on any atom is 0.227 e. The number of carbonyl (C=O) groups excluding carboxylic acids is 1. The molecule has 1 aliphatic heterocycles. The van der Waals surface area contributed by atoms with Gasteiger partial charge in [-0.15, -0.1) is 0 Å². The lowest BCUT2D eigenvalue weighted by Crippen LogP contribution is -2.47. The molecular weight excluding hydrogens is 212 g/mol. The van der Waals surface area contributed by atoms with Gasteiger partial charge in [0.1, 0.15) is 0 Å². The predicted octanol–water partition coefficient (Wildman–Crippen LogP) is 2.27. The minimum absolute atomic E-state index is 0.243. The molecule has 1 heterocycles. The van der Waals surface area contributed by atoms with Gasteiger partial charge in [0.2, 0.25) is 5.91 Å². The summed E-state index contributed by atoms with van der Waals surface area (Å²) in [5, 5.41) is 3.48. The van der Waals surface area contributed by atoms with Gasteiger partial charge in [0.15, 0.2) is 0 Å². The van der Waals surface area contributed by atoms with E-state index in [9.17, 15) is 4.79 Å². The van der Waals surface area contributed by atoms with Gasteiger partial charge in [-0.1, -0.05) is 34.6 Å². The van der Waals surface area contributed by atoms with E-state index < -0.39 is 0 Å². The summed E-state index contributed by atoms with van der Waals surface area (Å²) in [7, 11) is 0. The van der Waals surface area contributed by atoms with Gasteiger partial charge in [-0.3, -0.25) is 4.79 Å². The molecule has 1 fully saturated rings. The highest BCUT2D eigenvalue weighted by molar-refractivity contribution is 5.81. The van der Waals surface area contributed by atoms with Crippen LogP contribution in [-0.2, 0) is 4.79 Å². The van der Waals surface area contributed by atoms with E-state index in [4.69, 9.17) is 0 Å². The fourth-order valence-electron chi connectivity index (χ4n) is 2.29. The predicted molar refractivity (Wildman–Crippen MR) is 71.9 cm³/mol. The molecule has 1 amide bonds. The van der Waals surface area contributed by atoms with Crippen molar-refractivity contribution in [3.8, 4) is 0 Å². The molecule has 1 aliphatic rings. The molecule has 0 spiro atoms. The Kier molecular flexibility index (Phi) is 4.99. The van der Waals surface area contributed by atoms with Gasteiger partial charge >= 0.3 is 0 Å². The summed E-state index contributed by atoms with van der Waals surface area (Å²) >= 11 is 0. The zero-order chi connectivity index (χ0) is 13.1. The van der Waals surface area contributed by atoms with E-state index in [1.54, 1.807) is 0 Å². The molecule has 17 heavy (non-hydrogen) atoms. The number of amides is 1. The fraction of sp³-hybridized carbons (Fsp3) is 0.929. The Labute approximate surface area is 106 Å². The van der Waals surface area contributed by atoms with Crippen LogP contribution >= 0.6 is 0 Å². The van der Waals surface area contributed by atoms with Gasteiger partial charge in [-0.25, -0.2) is 0 Å². The lowest BCUT2D eigenvalue weighted by molar-refractivity contribution is -0.141. The molecule has 1 saturated heterocycles. The molecule has 100 valence electrons. The van der Waals surface area contributed by atoms with Crippen LogP contribution in [0.2, 0.25) is 0 Å². The Morgan fingerprint density at radius 2 is 2.06 bits per heavy atom. The normalized spacial score (nSPS) is 22.0. The molecule has 0 saturated carbocycles. The van der Waals surface area contributed by atoms with Crippen LogP contribution in [0.3, 0.4) is 0 Å². The van der Waals surface area contributed by atoms with Crippen LogP contribution in [0.15, 0.2) is 0 Å². The first-order valence-electron chi connectivity index (χ1n) is 6.83. The quantitative estimate of drug-likeness (QED) is 0.821. The molecular formula is C14H28N2O. The van der Waals surface area contributed by atoms with Gasteiger partial charge in [-0.05, 0) is 25.3 Å². The second-order valence-electron chi connectivity index (χ2n) is 6.57. The molecule has 0 aromatic heterocycles. The van der Waals surface area contributed by atoms with E-state index in [0.717, 1.165) is 26.1 Å². The van der Waals surface area contributed by atoms with Crippen molar-refractivity contribution in [2.24, 2.45) is 11.3 Å². The van der Waals surface area contributed by atoms with E-state index in [1.165, 1.54) is 6.42 Å². The number of carbonyl (C=O) groups is 1. The Bertz CT molecular complexity index is 255. The van der Waals surface area contributed by atoms with Gasteiger partial charge in [0.25, 0.3) is 0 Å². The second kappa shape index (κ2) is 5.85. The van der Waals surface area contributed by atoms with Gasteiger partial charge in [0, 0.05) is 24.5 Å². The van der Waals surface area contributed by atoms with Crippen molar-refractivity contribution in [2.75, 3.05) is 19.6 Å². The summed E-state index contributed by atoms with van der Waals surface area (Å²) < 4.78 is 0. The van der Waals surface area contributed by atoms with Crippen molar-refractivity contribution in [3.05, 3.63) is 0 Å². The number of hydrogen-bond acceptors (Lipinski definition) is 2. The highest BCUT2D eigenvalue weighted by Gasteiger charge is 2.30. The number of rotatable bonds is 3. The average molecular weight is 240 g/mol. The maximum atomic E-state index is 12.2. The molecule has 0 aromatic carbocycles. The summed E-state index contributed by atoms with van der Waals surface area (Å²) in [4.78, 5) is 14.3. The summed E-state index contributed by atoms with van der Waals surface area (Å²) in [5.41, 5.74) is -0.243. The number of piperidine rings is 1. The number of hydrogen-bond donors (Lipinski definition) is 1. The number of likely N-dealkylation sites (tertiary alicyclic amines) is 1. The lowest BCUT2D eigenvalue weighted by atomic mass is 9.91. The third-order valence-corrected chi connectivity index (χ3v) is 3.26. The Morgan fingerprint density at radius 1 is 1.41 bits per heavy atom. The summed E-state index contributed by atoms with van der Waals surface area (Å²) in [5.74, 6) is 0.921. The van der Waals surface area contributed by atoms with Crippen LogP contribution in [0.4, 0.5) is 0 Å². The molecule has 0 aromatic rings. The molecule has 0 bridgehead atoms. The van der Waals surface area contributed by atoms with Gasteiger partial charge in [0.05, 0.1) is 0 Å². The average Bonchev–Trinajstić information content (AvgIpc) is 2.24. The molecule has 1 rings (SSSR count). The summed E-state index contributed by atoms with van der Waals surface area (Å²) in [6.07, 6.45) is 2.39. The largest absolute Gasteiger partial charge is 0.342 e. The first-order valence-corrected chi connectivity index (χ1v) is 6.83. The molecule has 1 unspecified atom stereocenters. The van der Waals surface area contributed by atoms with Gasteiger partial charge < -0.3 is 10.2 Å². The Hall–Kier alpha value is -0.570. The fourth-order valence-corrected chi connectivity index (χ4v) is 2.29. The van der Waals surface area contributed by atoms with Crippen LogP contribution in [0.1, 0.15) is 47.5 Å². The standard InChI is InChI=1S/C14H28N2O/c1-11(2)15-9-12-7-6-8-16(10-12)13(17)14(3,4)5/h11-12,15H,6-10H2,1-5H3. The Balaban J connectivity index is 2.46. The Morgan fingerprint density at radius 3 is 2.59 bits per heavy atom. The first kappa shape index (κ1) is 14.5. The van der Waals surface area contributed by atoms with Crippen molar-refractivity contribution in [1.29, 1.82) is 0 Å². The van der Waals surface area contributed by atoms with Crippen LogP contribution in [0.25, 0.3) is 0 Å². The summed E-state index contributed by atoms with van der Waals surface area (Å²) in [6.45, 7) is 13.2. The van der Waals surface area contributed by atoms with Crippen molar-refractivity contribution < 1.29 is 4.79 Å². The number of nitrogens with one attached hydrogen (secondary N) is 1. The van der Waals surface area contributed by atoms with E-state index in [1.807, 2.05) is 20.8 Å².